The first kappa shape index (κ1) is 24.0. The van der Waals surface area contributed by atoms with Crippen LogP contribution < -0.4 is 15.5 Å². The fraction of sp³-hybridized carbons (Fsp3) is 0.350. The number of aryl methyl sites for hydroxylation is 1. The molecule has 1 heterocycles. The van der Waals surface area contributed by atoms with E-state index in [9.17, 15) is 28.3 Å². The fourth-order valence-electron chi connectivity index (χ4n) is 2.92. The summed E-state index contributed by atoms with van der Waals surface area (Å²) in [5.41, 5.74) is -2.01. The molecule has 0 saturated carbocycles. The van der Waals surface area contributed by atoms with E-state index in [1.54, 1.807) is 0 Å². The minimum absolute atomic E-state index is 0.188. The zero-order valence-corrected chi connectivity index (χ0v) is 17.3. The number of carbonyl (C=O) groups excluding carboxylic acids is 1. The van der Waals surface area contributed by atoms with Gasteiger partial charge in [0.05, 0.1) is 13.7 Å². The van der Waals surface area contributed by atoms with E-state index >= 15 is 0 Å². The minimum atomic E-state index is -1.48. The fourth-order valence-corrected chi connectivity index (χ4v) is 2.92. The van der Waals surface area contributed by atoms with Crippen molar-refractivity contribution < 1.29 is 37.7 Å². The van der Waals surface area contributed by atoms with Gasteiger partial charge in [-0.25, -0.2) is 13.6 Å². The van der Waals surface area contributed by atoms with Crippen molar-refractivity contribution in [1.82, 2.24) is 9.88 Å². The van der Waals surface area contributed by atoms with Crippen LogP contribution in [0.15, 0.2) is 23.1 Å². The molecule has 0 aliphatic carbocycles. The Balaban J connectivity index is 2.46. The predicted octanol–water partition coefficient (Wildman–Crippen LogP) is 1.69. The lowest BCUT2D eigenvalue weighted by molar-refractivity contribution is -0.111. The summed E-state index contributed by atoms with van der Waals surface area (Å²) >= 11 is 0. The summed E-state index contributed by atoms with van der Waals surface area (Å²) in [6.45, 7) is 0.797. The Bertz CT molecular complexity index is 1030. The Hall–Kier alpha value is -3.31. The number of ether oxygens (including phenoxy) is 3. The maximum Gasteiger partial charge on any atom is 0.356 e. The van der Waals surface area contributed by atoms with Crippen LogP contribution in [0.1, 0.15) is 32.0 Å². The summed E-state index contributed by atoms with van der Waals surface area (Å²) in [5, 5.41) is 11.8. The molecule has 0 fully saturated rings. The van der Waals surface area contributed by atoms with Crippen LogP contribution in [-0.2, 0) is 22.6 Å². The predicted molar refractivity (Wildman–Crippen MR) is 104 cm³/mol. The highest BCUT2D eigenvalue weighted by Crippen LogP contribution is 2.18. The first-order valence-corrected chi connectivity index (χ1v) is 8.97. The molecule has 0 aliphatic rings. The van der Waals surface area contributed by atoms with Gasteiger partial charge in [0.15, 0.2) is 17.7 Å². The van der Waals surface area contributed by atoms with Crippen molar-refractivity contribution in [3.63, 3.8) is 0 Å². The highest BCUT2D eigenvalue weighted by Gasteiger charge is 2.26. The van der Waals surface area contributed by atoms with Gasteiger partial charge in [0.25, 0.3) is 5.91 Å². The van der Waals surface area contributed by atoms with Crippen molar-refractivity contribution in [3.05, 3.63) is 62.6 Å². The number of pyridine rings is 1. The van der Waals surface area contributed by atoms with Gasteiger partial charge < -0.3 is 29.2 Å². The number of methoxy groups -OCH3 is 3. The minimum Gasteiger partial charge on any atom is -0.491 e. The number of hydrogen-bond acceptors (Lipinski definition) is 6. The van der Waals surface area contributed by atoms with E-state index in [0.29, 0.717) is 5.56 Å². The molecule has 0 spiro atoms. The summed E-state index contributed by atoms with van der Waals surface area (Å²) in [7, 11) is 3.73. The van der Waals surface area contributed by atoms with Crippen LogP contribution in [0.5, 0.6) is 5.75 Å². The Labute approximate surface area is 176 Å². The Kier molecular flexibility index (Phi) is 7.83. The lowest BCUT2D eigenvalue weighted by Crippen LogP contribution is -2.33. The summed E-state index contributed by atoms with van der Waals surface area (Å²) < 4.78 is 44.1. The van der Waals surface area contributed by atoms with Crippen LogP contribution in [0.3, 0.4) is 0 Å². The largest absolute Gasteiger partial charge is 0.491 e. The number of hydrogen-bond donors (Lipinski definition) is 2. The molecule has 0 atom stereocenters. The molecule has 2 rings (SSSR count). The molecule has 1 aromatic heterocycles. The van der Waals surface area contributed by atoms with Gasteiger partial charge in [-0.2, -0.15) is 0 Å². The second-order valence-corrected chi connectivity index (χ2v) is 6.50. The summed E-state index contributed by atoms with van der Waals surface area (Å²) in [6, 6.07) is 2.22. The van der Waals surface area contributed by atoms with E-state index < -0.39 is 58.8 Å². The van der Waals surface area contributed by atoms with Crippen molar-refractivity contribution in [1.29, 1.82) is 0 Å². The number of carboxylic acid groups (broad SMARTS) is 1. The number of halogens is 2. The molecule has 11 heteroatoms. The van der Waals surface area contributed by atoms with Gasteiger partial charge in [-0.15, -0.1) is 0 Å². The van der Waals surface area contributed by atoms with Crippen LogP contribution in [0, 0.1) is 18.6 Å². The van der Waals surface area contributed by atoms with Gasteiger partial charge in [0.1, 0.15) is 17.2 Å². The molecule has 0 radical (unpaired) electrons. The quantitative estimate of drug-likeness (QED) is 0.570. The Morgan fingerprint density at radius 1 is 1.16 bits per heavy atom. The number of carbonyl (C=O) groups is 2. The van der Waals surface area contributed by atoms with Gasteiger partial charge in [-0.1, -0.05) is 0 Å². The molecule has 0 aliphatic heterocycles. The Morgan fingerprint density at radius 2 is 1.74 bits per heavy atom. The smallest absolute Gasteiger partial charge is 0.356 e. The van der Waals surface area contributed by atoms with Crippen LogP contribution in [0.25, 0.3) is 0 Å². The molecule has 0 saturated heterocycles. The second kappa shape index (κ2) is 10.1. The maximum absolute atomic E-state index is 14.0. The lowest BCUT2D eigenvalue weighted by Gasteiger charge is -2.20. The molecule has 0 bridgehead atoms. The first-order valence-electron chi connectivity index (χ1n) is 8.97. The third-order valence-electron chi connectivity index (χ3n) is 4.47. The molecular weight excluding hydrogens is 418 g/mol. The molecule has 9 nitrogen and oxygen atoms in total. The van der Waals surface area contributed by atoms with Crippen molar-refractivity contribution in [2.75, 3.05) is 21.3 Å². The molecule has 1 aromatic carbocycles. The number of carboxylic acids is 1. The summed E-state index contributed by atoms with van der Waals surface area (Å²) in [5.74, 6) is -4.73. The monoisotopic (exact) mass is 440 g/mol. The summed E-state index contributed by atoms with van der Waals surface area (Å²) in [6.07, 6.45) is 0.105. The van der Waals surface area contributed by atoms with E-state index in [1.165, 1.54) is 21.1 Å². The molecule has 2 aromatic rings. The number of nitrogens with zero attached hydrogens (tertiary/aromatic N) is 1. The normalized spacial score (nSPS) is 10.9. The van der Waals surface area contributed by atoms with Gasteiger partial charge in [0, 0.05) is 32.5 Å². The molecule has 1 amide bonds. The van der Waals surface area contributed by atoms with Crippen LogP contribution in [0.2, 0.25) is 0 Å². The SMILES string of the molecule is COc1c(C(=O)O)n(CC(OC)OC)cc(C(=O)NCc2c(F)cc(C)cc2F)c1=O. The molecule has 0 unspecified atom stereocenters. The van der Waals surface area contributed by atoms with E-state index in [-0.39, 0.29) is 12.1 Å². The van der Waals surface area contributed by atoms with E-state index in [2.05, 4.69) is 5.32 Å². The van der Waals surface area contributed by atoms with Crippen molar-refractivity contribution in [2.24, 2.45) is 0 Å². The van der Waals surface area contributed by atoms with Crippen molar-refractivity contribution in [2.45, 2.75) is 26.3 Å². The lowest BCUT2D eigenvalue weighted by atomic mass is 10.1. The van der Waals surface area contributed by atoms with E-state index in [1.807, 2.05) is 0 Å². The number of rotatable bonds is 9. The first-order chi connectivity index (χ1) is 14.6. The second-order valence-electron chi connectivity index (χ2n) is 6.50. The standard InChI is InChI=1S/C20H22F2N2O7/c1-10-5-13(21)11(14(22)6-10)7-23-19(26)12-8-24(9-15(29-2)30-3)16(20(27)28)18(31-4)17(12)25/h5-6,8,15H,7,9H2,1-4H3,(H,23,26)(H,27,28). The zero-order chi connectivity index (χ0) is 23.3. The van der Waals surface area contributed by atoms with Crippen LogP contribution in [-0.4, -0.2) is 49.2 Å². The average Bonchev–Trinajstić information content (AvgIpc) is 2.71. The number of aromatic carboxylic acids is 1. The average molecular weight is 440 g/mol. The van der Waals surface area contributed by atoms with Crippen LogP contribution in [0.4, 0.5) is 8.78 Å². The van der Waals surface area contributed by atoms with Crippen molar-refractivity contribution >= 4 is 11.9 Å². The number of benzene rings is 1. The zero-order valence-electron chi connectivity index (χ0n) is 17.3. The van der Waals surface area contributed by atoms with Gasteiger partial charge in [-0.05, 0) is 24.6 Å². The number of aromatic nitrogens is 1. The topological polar surface area (TPSA) is 116 Å². The van der Waals surface area contributed by atoms with E-state index in [4.69, 9.17) is 14.2 Å². The number of nitrogens with one attached hydrogen (secondary N) is 1. The maximum atomic E-state index is 14.0. The van der Waals surface area contributed by atoms with E-state index in [0.717, 1.165) is 30.0 Å². The van der Waals surface area contributed by atoms with Gasteiger partial charge >= 0.3 is 5.97 Å². The molecular formula is C20H22F2N2O7. The molecule has 2 N–H and O–H groups in total. The van der Waals surface area contributed by atoms with Gasteiger partial charge in [0.2, 0.25) is 5.43 Å². The van der Waals surface area contributed by atoms with Gasteiger partial charge in [-0.3, -0.25) is 9.59 Å². The number of amides is 1. The third-order valence-corrected chi connectivity index (χ3v) is 4.47. The summed E-state index contributed by atoms with van der Waals surface area (Å²) in [4.78, 5) is 37.0. The van der Waals surface area contributed by atoms with Crippen molar-refractivity contribution in [3.8, 4) is 5.75 Å². The highest BCUT2D eigenvalue weighted by molar-refractivity contribution is 5.96. The Morgan fingerprint density at radius 3 is 2.23 bits per heavy atom. The molecule has 31 heavy (non-hydrogen) atoms. The highest BCUT2D eigenvalue weighted by atomic mass is 19.1. The van der Waals surface area contributed by atoms with Crippen LogP contribution >= 0.6 is 0 Å². The third kappa shape index (κ3) is 5.25. The molecule has 168 valence electrons.